The SMILES string of the molecule is CS(=O)(=O)N1CCN(C(=O)CN2CCN(Cc3ccccc3)CC2)CC1. The Morgan fingerprint density at radius 1 is 0.885 bits per heavy atom. The van der Waals surface area contributed by atoms with Crippen LogP contribution in [0.4, 0.5) is 0 Å². The highest BCUT2D eigenvalue weighted by atomic mass is 32.2. The molecule has 0 aromatic heterocycles. The van der Waals surface area contributed by atoms with Crippen molar-refractivity contribution in [1.29, 1.82) is 0 Å². The van der Waals surface area contributed by atoms with Crippen molar-refractivity contribution in [1.82, 2.24) is 19.0 Å². The first-order valence-electron chi connectivity index (χ1n) is 9.13. The van der Waals surface area contributed by atoms with Crippen LogP contribution in [0.25, 0.3) is 0 Å². The van der Waals surface area contributed by atoms with Crippen LogP contribution >= 0.6 is 0 Å². The molecule has 0 unspecified atom stereocenters. The molecule has 0 saturated carbocycles. The molecule has 2 saturated heterocycles. The van der Waals surface area contributed by atoms with Crippen LogP contribution in [0.2, 0.25) is 0 Å². The molecule has 7 nitrogen and oxygen atoms in total. The second-order valence-corrected chi connectivity index (χ2v) is 9.06. The normalized spacial score (nSPS) is 21.0. The molecule has 144 valence electrons. The Kier molecular flexibility index (Phi) is 6.29. The fourth-order valence-electron chi connectivity index (χ4n) is 3.51. The lowest BCUT2D eigenvalue weighted by atomic mass is 10.2. The van der Waals surface area contributed by atoms with Crippen LogP contribution < -0.4 is 0 Å². The lowest BCUT2D eigenvalue weighted by Crippen LogP contribution is -2.54. The summed E-state index contributed by atoms with van der Waals surface area (Å²) in [6, 6.07) is 10.4. The second-order valence-electron chi connectivity index (χ2n) is 7.08. The van der Waals surface area contributed by atoms with Gasteiger partial charge in [0.2, 0.25) is 15.9 Å². The summed E-state index contributed by atoms with van der Waals surface area (Å²) in [5, 5.41) is 0. The molecule has 3 rings (SSSR count). The first-order valence-corrected chi connectivity index (χ1v) is 11.0. The van der Waals surface area contributed by atoms with Gasteiger partial charge < -0.3 is 4.90 Å². The summed E-state index contributed by atoms with van der Waals surface area (Å²) in [7, 11) is -3.15. The standard InChI is InChI=1S/C18H28N4O3S/c1-26(24,25)22-13-11-21(12-14-22)18(23)16-20-9-7-19(8-10-20)15-17-5-3-2-4-6-17/h2-6H,7-16H2,1H3. The molecule has 0 bridgehead atoms. The number of amides is 1. The number of benzene rings is 1. The summed E-state index contributed by atoms with van der Waals surface area (Å²) >= 11 is 0. The molecule has 1 aromatic rings. The van der Waals surface area contributed by atoms with Crippen LogP contribution in [0.5, 0.6) is 0 Å². The number of rotatable bonds is 5. The third kappa shape index (κ3) is 5.26. The Bertz CT molecular complexity index is 694. The van der Waals surface area contributed by atoms with Crippen molar-refractivity contribution in [2.75, 3.05) is 65.2 Å². The molecule has 0 spiro atoms. The van der Waals surface area contributed by atoms with E-state index in [2.05, 4.69) is 34.1 Å². The van der Waals surface area contributed by atoms with Gasteiger partial charge in [-0.1, -0.05) is 30.3 Å². The maximum atomic E-state index is 12.5. The van der Waals surface area contributed by atoms with Crippen LogP contribution in [0.15, 0.2) is 30.3 Å². The van der Waals surface area contributed by atoms with Crippen LogP contribution in [-0.2, 0) is 21.4 Å². The molecule has 1 amide bonds. The first-order chi connectivity index (χ1) is 12.4. The van der Waals surface area contributed by atoms with Crippen LogP contribution in [0.3, 0.4) is 0 Å². The molecule has 26 heavy (non-hydrogen) atoms. The Hall–Kier alpha value is -1.48. The van der Waals surface area contributed by atoms with Gasteiger partial charge in [-0.2, -0.15) is 4.31 Å². The highest BCUT2D eigenvalue weighted by molar-refractivity contribution is 7.88. The summed E-state index contributed by atoms with van der Waals surface area (Å²) in [5.41, 5.74) is 1.32. The first kappa shape index (κ1) is 19.3. The van der Waals surface area contributed by atoms with Gasteiger partial charge >= 0.3 is 0 Å². The smallest absolute Gasteiger partial charge is 0.236 e. The van der Waals surface area contributed by atoms with E-state index in [4.69, 9.17) is 0 Å². The number of hydrogen-bond acceptors (Lipinski definition) is 5. The molecule has 0 atom stereocenters. The minimum Gasteiger partial charge on any atom is -0.339 e. The van der Waals surface area contributed by atoms with E-state index in [0.29, 0.717) is 32.7 Å². The van der Waals surface area contributed by atoms with E-state index < -0.39 is 10.0 Å². The third-order valence-corrected chi connectivity index (χ3v) is 6.44. The van der Waals surface area contributed by atoms with Crippen LogP contribution in [0.1, 0.15) is 5.56 Å². The van der Waals surface area contributed by atoms with E-state index in [1.54, 1.807) is 4.90 Å². The van der Waals surface area contributed by atoms with Gasteiger partial charge in [-0.15, -0.1) is 0 Å². The second kappa shape index (κ2) is 8.47. The minimum absolute atomic E-state index is 0.106. The van der Waals surface area contributed by atoms with Gasteiger partial charge in [-0.25, -0.2) is 8.42 Å². The molecule has 2 fully saturated rings. The molecule has 1 aromatic carbocycles. The highest BCUT2D eigenvalue weighted by Crippen LogP contribution is 2.10. The van der Waals surface area contributed by atoms with Crippen molar-refractivity contribution in [3.63, 3.8) is 0 Å². The third-order valence-electron chi connectivity index (χ3n) is 5.13. The van der Waals surface area contributed by atoms with Gasteiger partial charge in [0.1, 0.15) is 0 Å². The summed E-state index contributed by atoms with van der Waals surface area (Å²) in [6.45, 7) is 6.86. The Morgan fingerprint density at radius 3 is 2.04 bits per heavy atom. The van der Waals surface area contributed by atoms with Crippen molar-refractivity contribution in [3.8, 4) is 0 Å². The van der Waals surface area contributed by atoms with E-state index in [-0.39, 0.29) is 5.91 Å². The van der Waals surface area contributed by atoms with E-state index in [9.17, 15) is 13.2 Å². The topological polar surface area (TPSA) is 64.2 Å². The quantitative estimate of drug-likeness (QED) is 0.714. The number of carbonyl (C=O) groups is 1. The largest absolute Gasteiger partial charge is 0.339 e. The fraction of sp³-hybridized carbons (Fsp3) is 0.611. The number of piperazine rings is 2. The summed E-state index contributed by atoms with van der Waals surface area (Å²) in [6.07, 6.45) is 1.22. The zero-order chi connectivity index (χ0) is 18.6. The van der Waals surface area contributed by atoms with Gasteiger partial charge in [0.05, 0.1) is 12.8 Å². The summed E-state index contributed by atoms with van der Waals surface area (Å²) < 4.78 is 24.5. The zero-order valence-electron chi connectivity index (χ0n) is 15.4. The Labute approximate surface area is 156 Å². The molecule has 2 aliphatic rings. The number of hydrogen-bond donors (Lipinski definition) is 0. The molecule has 0 N–H and O–H groups in total. The average Bonchev–Trinajstić information content (AvgIpc) is 2.63. The van der Waals surface area contributed by atoms with E-state index >= 15 is 0 Å². The van der Waals surface area contributed by atoms with Gasteiger partial charge in [0.25, 0.3) is 0 Å². The van der Waals surface area contributed by atoms with Crippen LogP contribution in [-0.4, -0.2) is 98.5 Å². The van der Waals surface area contributed by atoms with Crippen molar-refractivity contribution < 1.29 is 13.2 Å². The molecule has 2 heterocycles. The summed E-state index contributed by atoms with van der Waals surface area (Å²) in [4.78, 5) is 18.9. The monoisotopic (exact) mass is 380 g/mol. The molecular formula is C18H28N4O3S. The van der Waals surface area contributed by atoms with Gasteiger partial charge in [-0.05, 0) is 5.56 Å². The van der Waals surface area contributed by atoms with E-state index in [1.165, 1.54) is 16.1 Å². The highest BCUT2D eigenvalue weighted by Gasteiger charge is 2.27. The predicted molar refractivity (Wildman–Crippen MR) is 101 cm³/mol. The number of sulfonamides is 1. The maximum Gasteiger partial charge on any atom is 0.236 e. The van der Waals surface area contributed by atoms with E-state index in [0.717, 1.165) is 32.7 Å². The fourth-order valence-corrected chi connectivity index (χ4v) is 4.33. The van der Waals surface area contributed by atoms with Crippen molar-refractivity contribution in [2.45, 2.75) is 6.54 Å². The number of nitrogens with zero attached hydrogens (tertiary/aromatic N) is 4. The van der Waals surface area contributed by atoms with Crippen molar-refractivity contribution >= 4 is 15.9 Å². The Morgan fingerprint density at radius 2 is 1.46 bits per heavy atom. The molecule has 2 aliphatic heterocycles. The lowest BCUT2D eigenvalue weighted by molar-refractivity contribution is -0.134. The molecule has 8 heteroatoms. The van der Waals surface area contributed by atoms with Crippen molar-refractivity contribution in [2.24, 2.45) is 0 Å². The molecule has 0 radical (unpaired) electrons. The Balaban J connectivity index is 1.40. The molecular weight excluding hydrogens is 352 g/mol. The van der Waals surface area contributed by atoms with Gasteiger partial charge in [0.15, 0.2) is 0 Å². The predicted octanol–water partition coefficient (Wildman–Crippen LogP) is -0.0920. The van der Waals surface area contributed by atoms with Crippen LogP contribution in [0, 0.1) is 0 Å². The van der Waals surface area contributed by atoms with Gasteiger partial charge in [-0.3, -0.25) is 14.6 Å². The average molecular weight is 381 g/mol. The molecule has 0 aliphatic carbocycles. The van der Waals surface area contributed by atoms with E-state index in [1.807, 2.05) is 6.07 Å². The number of carbonyl (C=O) groups excluding carboxylic acids is 1. The zero-order valence-corrected chi connectivity index (χ0v) is 16.2. The maximum absolute atomic E-state index is 12.5. The van der Waals surface area contributed by atoms with Crippen molar-refractivity contribution in [3.05, 3.63) is 35.9 Å². The lowest BCUT2D eigenvalue weighted by Gasteiger charge is -2.37. The summed E-state index contributed by atoms with van der Waals surface area (Å²) in [5.74, 6) is 0.106. The minimum atomic E-state index is -3.15. The van der Waals surface area contributed by atoms with Gasteiger partial charge in [0, 0.05) is 58.9 Å².